The first-order valence-electron chi connectivity index (χ1n) is 5.21. The Morgan fingerprint density at radius 1 is 1.60 bits per heavy atom. The number of hydrogen-bond acceptors (Lipinski definition) is 3. The molecule has 1 saturated heterocycles. The number of hydrogen-bond donors (Lipinski definition) is 2. The summed E-state index contributed by atoms with van der Waals surface area (Å²) in [5, 5.41) is 16.1. The predicted molar refractivity (Wildman–Crippen MR) is 54.7 cm³/mol. The summed E-state index contributed by atoms with van der Waals surface area (Å²) in [6.45, 7) is 1.97. The molecule has 1 aromatic rings. The molecule has 5 nitrogen and oxygen atoms in total. The Bertz CT molecular complexity index is 342. The molecule has 0 aromatic carbocycles. The van der Waals surface area contributed by atoms with Crippen LogP contribution in [0.2, 0.25) is 0 Å². The molecule has 82 valence electrons. The molecule has 1 aromatic heterocycles. The summed E-state index contributed by atoms with van der Waals surface area (Å²) < 4.78 is 1.60. The van der Waals surface area contributed by atoms with Crippen LogP contribution in [0.3, 0.4) is 0 Å². The zero-order chi connectivity index (χ0) is 10.7. The Morgan fingerprint density at radius 3 is 3.00 bits per heavy atom. The lowest BCUT2D eigenvalue weighted by Crippen LogP contribution is -2.28. The maximum absolute atomic E-state index is 10.6. The van der Waals surface area contributed by atoms with Gasteiger partial charge in [-0.3, -0.25) is 9.48 Å². The van der Waals surface area contributed by atoms with Crippen LogP contribution in [0.1, 0.15) is 24.5 Å². The fourth-order valence-corrected chi connectivity index (χ4v) is 2.07. The van der Waals surface area contributed by atoms with Crippen molar-refractivity contribution in [1.29, 1.82) is 0 Å². The molecular weight excluding hydrogens is 194 g/mol. The first kappa shape index (κ1) is 10.2. The average Bonchev–Trinajstić information content (AvgIpc) is 2.66. The van der Waals surface area contributed by atoms with Crippen molar-refractivity contribution in [2.75, 3.05) is 13.1 Å². The van der Waals surface area contributed by atoms with Crippen LogP contribution in [0.15, 0.2) is 12.3 Å². The SMILES string of the molecule is O=C(O)Cn1nccc1C1CCNCC1. The van der Waals surface area contributed by atoms with Crippen molar-refractivity contribution in [3.05, 3.63) is 18.0 Å². The van der Waals surface area contributed by atoms with Crippen molar-refractivity contribution in [3.8, 4) is 0 Å². The Hall–Kier alpha value is -1.36. The smallest absolute Gasteiger partial charge is 0.325 e. The second-order valence-electron chi connectivity index (χ2n) is 3.83. The van der Waals surface area contributed by atoms with Gasteiger partial charge in [-0.2, -0.15) is 5.10 Å². The van der Waals surface area contributed by atoms with Crippen molar-refractivity contribution in [3.63, 3.8) is 0 Å². The van der Waals surface area contributed by atoms with Gasteiger partial charge in [-0.05, 0) is 32.0 Å². The van der Waals surface area contributed by atoms with Gasteiger partial charge in [0.05, 0.1) is 0 Å². The number of rotatable bonds is 3. The number of piperidine rings is 1. The molecule has 1 aliphatic heterocycles. The highest BCUT2D eigenvalue weighted by atomic mass is 16.4. The van der Waals surface area contributed by atoms with Crippen molar-refractivity contribution in [2.24, 2.45) is 0 Å². The molecule has 0 bridgehead atoms. The van der Waals surface area contributed by atoms with E-state index in [1.807, 2.05) is 6.07 Å². The Balaban J connectivity index is 2.12. The Labute approximate surface area is 88.1 Å². The highest BCUT2D eigenvalue weighted by Crippen LogP contribution is 2.24. The molecular formula is C10H15N3O2. The van der Waals surface area contributed by atoms with Crippen LogP contribution in [-0.4, -0.2) is 33.9 Å². The second kappa shape index (κ2) is 4.44. The fourth-order valence-electron chi connectivity index (χ4n) is 2.07. The highest BCUT2D eigenvalue weighted by molar-refractivity contribution is 5.66. The summed E-state index contributed by atoms with van der Waals surface area (Å²) in [5.41, 5.74) is 1.05. The van der Waals surface area contributed by atoms with E-state index in [4.69, 9.17) is 5.11 Å². The molecule has 2 heterocycles. The summed E-state index contributed by atoms with van der Waals surface area (Å²) in [6.07, 6.45) is 3.80. The first-order chi connectivity index (χ1) is 7.27. The maximum atomic E-state index is 10.6. The molecule has 15 heavy (non-hydrogen) atoms. The Morgan fingerprint density at radius 2 is 2.33 bits per heavy atom. The monoisotopic (exact) mass is 209 g/mol. The van der Waals surface area contributed by atoms with E-state index >= 15 is 0 Å². The third-order valence-corrected chi connectivity index (χ3v) is 2.79. The number of nitrogens with one attached hydrogen (secondary N) is 1. The average molecular weight is 209 g/mol. The predicted octanol–water partition coefficient (Wildman–Crippen LogP) is 0.435. The van der Waals surface area contributed by atoms with E-state index in [9.17, 15) is 4.79 Å². The molecule has 1 fully saturated rings. The van der Waals surface area contributed by atoms with Gasteiger partial charge >= 0.3 is 5.97 Å². The van der Waals surface area contributed by atoms with Crippen LogP contribution in [0.5, 0.6) is 0 Å². The van der Waals surface area contributed by atoms with E-state index in [-0.39, 0.29) is 6.54 Å². The standard InChI is InChI=1S/C10H15N3O2/c14-10(15)7-13-9(3-6-12-13)8-1-4-11-5-2-8/h3,6,8,11H,1-2,4-5,7H2,(H,14,15). The normalized spacial score (nSPS) is 17.9. The van der Waals surface area contributed by atoms with Gasteiger partial charge in [-0.15, -0.1) is 0 Å². The minimum atomic E-state index is -0.839. The van der Waals surface area contributed by atoms with Crippen molar-refractivity contribution in [2.45, 2.75) is 25.3 Å². The molecule has 0 saturated carbocycles. The molecule has 1 aliphatic rings. The molecule has 0 unspecified atom stereocenters. The van der Waals surface area contributed by atoms with Crippen molar-refractivity contribution < 1.29 is 9.90 Å². The Kier molecular flexibility index (Phi) is 3.01. The van der Waals surface area contributed by atoms with Gasteiger partial charge < -0.3 is 10.4 Å². The largest absolute Gasteiger partial charge is 0.480 e. The van der Waals surface area contributed by atoms with Crippen LogP contribution in [0, 0.1) is 0 Å². The summed E-state index contributed by atoms with van der Waals surface area (Å²) >= 11 is 0. The van der Waals surface area contributed by atoms with Crippen LogP contribution in [-0.2, 0) is 11.3 Å². The van der Waals surface area contributed by atoms with E-state index in [1.165, 1.54) is 0 Å². The van der Waals surface area contributed by atoms with Gasteiger partial charge in [0.1, 0.15) is 6.54 Å². The zero-order valence-corrected chi connectivity index (χ0v) is 8.52. The van der Waals surface area contributed by atoms with Crippen LogP contribution in [0.25, 0.3) is 0 Å². The molecule has 0 aliphatic carbocycles. The van der Waals surface area contributed by atoms with E-state index in [2.05, 4.69) is 10.4 Å². The van der Waals surface area contributed by atoms with Gasteiger partial charge in [0, 0.05) is 17.8 Å². The van der Waals surface area contributed by atoms with Crippen LogP contribution >= 0.6 is 0 Å². The van der Waals surface area contributed by atoms with Gasteiger partial charge in [0.25, 0.3) is 0 Å². The fraction of sp³-hybridized carbons (Fsp3) is 0.600. The molecule has 0 atom stereocenters. The molecule has 5 heteroatoms. The number of carboxylic acids is 1. The number of aromatic nitrogens is 2. The molecule has 0 radical (unpaired) electrons. The highest BCUT2D eigenvalue weighted by Gasteiger charge is 2.19. The van der Waals surface area contributed by atoms with E-state index in [0.717, 1.165) is 31.6 Å². The lowest BCUT2D eigenvalue weighted by molar-refractivity contribution is -0.137. The topological polar surface area (TPSA) is 67.1 Å². The number of carboxylic acid groups (broad SMARTS) is 1. The summed E-state index contributed by atoms with van der Waals surface area (Å²) in [7, 11) is 0. The summed E-state index contributed by atoms with van der Waals surface area (Å²) in [6, 6.07) is 1.93. The van der Waals surface area contributed by atoms with Crippen molar-refractivity contribution in [1.82, 2.24) is 15.1 Å². The van der Waals surface area contributed by atoms with Gasteiger partial charge in [-0.25, -0.2) is 0 Å². The summed E-state index contributed by atoms with van der Waals surface area (Å²) in [5.74, 6) is -0.387. The van der Waals surface area contributed by atoms with Gasteiger partial charge in [0.15, 0.2) is 0 Å². The van der Waals surface area contributed by atoms with Gasteiger partial charge in [0.2, 0.25) is 0 Å². The molecule has 2 rings (SSSR count). The molecule has 0 spiro atoms. The second-order valence-corrected chi connectivity index (χ2v) is 3.83. The lowest BCUT2D eigenvalue weighted by atomic mass is 9.94. The van der Waals surface area contributed by atoms with E-state index < -0.39 is 5.97 Å². The van der Waals surface area contributed by atoms with Gasteiger partial charge in [-0.1, -0.05) is 0 Å². The maximum Gasteiger partial charge on any atom is 0.325 e. The molecule has 0 amide bonds. The van der Waals surface area contributed by atoms with Crippen molar-refractivity contribution >= 4 is 5.97 Å². The summed E-state index contributed by atoms with van der Waals surface area (Å²) in [4.78, 5) is 10.6. The van der Waals surface area contributed by atoms with E-state index in [0.29, 0.717) is 5.92 Å². The number of aliphatic carboxylic acids is 1. The quantitative estimate of drug-likeness (QED) is 0.757. The minimum absolute atomic E-state index is 0.0355. The number of carbonyl (C=O) groups is 1. The lowest BCUT2D eigenvalue weighted by Gasteiger charge is -2.23. The molecule has 2 N–H and O–H groups in total. The first-order valence-corrected chi connectivity index (χ1v) is 5.21. The van der Waals surface area contributed by atoms with E-state index in [1.54, 1.807) is 10.9 Å². The minimum Gasteiger partial charge on any atom is -0.480 e. The van der Waals surface area contributed by atoms with Crippen LogP contribution < -0.4 is 5.32 Å². The third kappa shape index (κ3) is 2.36. The number of nitrogens with zero attached hydrogens (tertiary/aromatic N) is 2. The third-order valence-electron chi connectivity index (χ3n) is 2.79. The zero-order valence-electron chi connectivity index (χ0n) is 8.52. The van der Waals surface area contributed by atoms with Crippen LogP contribution in [0.4, 0.5) is 0 Å².